The predicted octanol–water partition coefficient (Wildman–Crippen LogP) is 5.78. The van der Waals surface area contributed by atoms with E-state index >= 15 is 0 Å². The largest absolute Gasteiger partial charge is 0.373 e. The van der Waals surface area contributed by atoms with Crippen LogP contribution in [-0.2, 0) is 0 Å². The first-order chi connectivity index (χ1) is 12.4. The monoisotopic (exact) mass is 327 g/mol. The van der Waals surface area contributed by atoms with E-state index in [4.69, 9.17) is 0 Å². The SMILES string of the molecule is C1=CN(CC2CCC=C(c3ccccc3)C2)CC=C1c1ccccc1. The van der Waals surface area contributed by atoms with Crippen LogP contribution in [0.2, 0.25) is 0 Å². The lowest BCUT2D eigenvalue weighted by Gasteiger charge is -2.30. The maximum Gasteiger partial charge on any atom is 0.0363 e. The van der Waals surface area contributed by atoms with Gasteiger partial charge in [0.15, 0.2) is 0 Å². The van der Waals surface area contributed by atoms with Gasteiger partial charge in [-0.25, -0.2) is 0 Å². The highest BCUT2D eigenvalue weighted by atomic mass is 15.1. The van der Waals surface area contributed by atoms with Crippen LogP contribution in [0, 0.1) is 5.92 Å². The second-order valence-electron chi connectivity index (χ2n) is 7.04. The number of hydrogen-bond acceptors (Lipinski definition) is 1. The summed E-state index contributed by atoms with van der Waals surface area (Å²) in [5, 5.41) is 0. The molecular formula is C24H25N. The molecule has 0 N–H and O–H groups in total. The molecule has 0 amide bonds. The van der Waals surface area contributed by atoms with Crippen molar-refractivity contribution in [3.63, 3.8) is 0 Å². The van der Waals surface area contributed by atoms with Gasteiger partial charge in [-0.05, 0) is 59.7 Å². The quantitative estimate of drug-likeness (QED) is 0.687. The molecular weight excluding hydrogens is 302 g/mol. The van der Waals surface area contributed by atoms with Crippen molar-refractivity contribution >= 4 is 11.1 Å². The van der Waals surface area contributed by atoms with Gasteiger partial charge >= 0.3 is 0 Å². The number of rotatable bonds is 4. The van der Waals surface area contributed by atoms with Gasteiger partial charge in [0.25, 0.3) is 0 Å². The Morgan fingerprint density at radius 3 is 2.24 bits per heavy atom. The summed E-state index contributed by atoms with van der Waals surface area (Å²) in [6, 6.07) is 21.5. The number of benzene rings is 2. The van der Waals surface area contributed by atoms with Gasteiger partial charge in [-0.3, -0.25) is 0 Å². The zero-order valence-electron chi connectivity index (χ0n) is 14.6. The Morgan fingerprint density at radius 2 is 1.56 bits per heavy atom. The normalized spacial score (nSPS) is 20.2. The summed E-state index contributed by atoms with van der Waals surface area (Å²) in [6.45, 7) is 2.17. The minimum Gasteiger partial charge on any atom is -0.373 e. The summed E-state index contributed by atoms with van der Waals surface area (Å²) in [5.41, 5.74) is 5.57. The first-order valence-corrected chi connectivity index (χ1v) is 9.31. The van der Waals surface area contributed by atoms with Gasteiger partial charge in [-0.15, -0.1) is 0 Å². The smallest absolute Gasteiger partial charge is 0.0363 e. The van der Waals surface area contributed by atoms with E-state index in [0.29, 0.717) is 0 Å². The molecule has 1 aliphatic carbocycles. The third kappa shape index (κ3) is 3.93. The summed E-state index contributed by atoms with van der Waals surface area (Å²) in [4.78, 5) is 2.46. The van der Waals surface area contributed by atoms with Crippen molar-refractivity contribution in [1.29, 1.82) is 0 Å². The Morgan fingerprint density at radius 1 is 0.840 bits per heavy atom. The Balaban J connectivity index is 1.36. The molecule has 0 saturated heterocycles. The second kappa shape index (κ2) is 7.57. The minimum absolute atomic E-state index is 0.747. The zero-order valence-corrected chi connectivity index (χ0v) is 14.6. The van der Waals surface area contributed by atoms with Crippen LogP contribution in [-0.4, -0.2) is 18.0 Å². The van der Waals surface area contributed by atoms with Crippen LogP contribution in [0.3, 0.4) is 0 Å². The van der Waals surface area contributed by atoms with E-state index in [1.807, 2.05) is 0 Å². The average Bonchev–Trinajstić information content (AvgIpc) is 2.70. The molecule has 1 atom stereocenters. The Hall–Kier alpha value is -2.54. The van der Waals surface area contributed by atoms with E-state index in [1.54, 1.807) is 0 Å². The molecule has 4 rings (SSSR count). The van der Waals surface area contributed by atoms with Crippen molar-refractivity contribution in [3.8, 4) is 0 Å². The van der Waals surface area contributed by atoms with Gasteiger partial charge in [0.1, 0.15) is 0 Å². The fraction of sp³-hybridized carbons (Fsp3) is 0.250. The lowest BCUT2D eigenvalue weighted by molar-refractivity contribution is 0.316. The Kier molecular flexibility index (Phi) is 4.83. The first-order valence-electron chi connectivity index (χ1n) is 9.31. The highest BCUT2D eigenvalue weighted by molar-refractivity contribution is 5.74. The molecule has 2 aliphatic rings. The summed E-state index contributed by atoms with van der Waals surface area (Å²) < 4.78 is 0. The second-order valence-corrected chi connectivity index (χ2v) is 7.04. The molecule has 0 saturated carbocycles. The summed E-state index contributed by atoms with van der Waals surface area (Å²) >= 11 is 0. The molecule has 2 aromatic carbocycles. The molecule has 0 radical (unpaired) electrons. The van der Waals surface area contributed by atoms with E-state index in [0.717, 1.165) is 19.0 Å². The number of allylic oxidation sites excluding steroid dienone is 4. The molecule has 1 unspecified atom stereocenters. The van der Waals surface area contributed by atoms with Crippen molar-refractivity contribution < 1.29 is 0 Å². The van der Waals surface area contributed by atoms with E-state index < -0.39 is 0 Å². The van der Waals surface area contributed by atoms with Crippen LogP contribution in [0.4, 0.5) is 0 Å². The minimum atomic E-state index is 0.747. The highest BCUT2D eigenvalue weighted by Crippen LogP contribution is 2.32. The molecule has 0 aromatic heterocycles. The average molecular weight is 327 g/mol. The van der Waals surface area contributed by atoms with Gasteiger partial charge in [0.05, 0.1) is 0 Å². The zero-order chi connectivity index (χ0) is 16.9. The summed E-state index contributed by atoms with van der Waals surface area (Å²) in [5.74, 6) is 0.747. The van der Waals surface area contributed by atoms with Crippen LogP contribution in [0.1, 0.15) is 30.4 Å². The topological polar surface area (TPSA) is 3.24 Å². The fourth-order valence-corrected chi connectivity index (χ4v) is 3.88. The van der Waals surface area contributed by atoms with Crippen LogP contribution in [0.5, 0.6) is 0 Å². The molecule has 1 heterocycles. The lowest BCUT2D eigenvalue weighted by atomic mass is 9.85. The van der Waals surface area contributed by atoms with Gasteiger partial charge in [0.2, 0.25) is 0 Å². The standard InChI is InChI=1S/C24H25N/c1-3-9-21(10-4-1)23-14-16-25(17-15-23)19-20-8-7-13-24(18-20)22-11-5-2-6-12-22/h1-6,9-16,20H,7-8,17-19H2. The van der Waals surface area contributed by atoms with E-state index in [1.165, 1.54) is 41.5 Å². The summed E-state index contributed by atoms with van der Waals surface area (Å²) in [7, 11) is 0. The van der Waals surface area contributed by atoms with E-state index in [9.17, 15) is 0 Å². The molecule has 0 spiro atoms. The number of nitrogens with zero attached hydrogens (tertiary/aromatic N) is 1. The van der Waals surface area contributed by atoms with Gasteiger partial charge in [0, 0.05) is 13.1 Å². The Labute approximate surface area is 151 Å². The van der Waals surface area contributed by atoms with Gasteiger partial charge < -0.3 is 4.90 Å². The van der Waals surface area contributed by atoms with Crippen molar-refractivity contribution in [2.45, 2.75) is 19.3 Å². The highest BCUT2D eigenvalue weighted by Gasteiger charge is 2.19. The molecule has 0 fully saturated rings. The summed E-state index contributed by atoms with van der Waals surface area (Å²) in [6.07, 6.45) is 13.0. The third-order valence-corrected chi connectivity index (χ3v) is 5.23. The number of hydrogen-bond donors (Lipinski definition) is 0. The maximum absolute atomic E-state index is 2.46. The van der Waals surface area contributed by atoms with Crippen molar-refractivity contribution in [2.24, 2.45) is 5.92 Å². The predicted molar refractivity (Wildman–Crippen MR) is 107 cm³/mol. The molecule has 1 heteroatoms. The molecule has 0 bridgehead atoms. The molecule has 25 heavy (non-hydrogen) atoms. The van der Waals surface area contributed by atoms with Crippen LogP contribution < -0.4 is 0 Å². The molecule has 126 valence electrons. The van der Waals surface area contributed by atoms with Crippen molar-refractivity contribution in [2.75, 3.05) is 13.1 Å². The van der Waals surface area contributed by atoms with Crippen LogP contribution >= 0.6 is 0 Å². The van der Waals surface area contributed by atoms with Crippen molar-refractivity contribution in [3.05, 3.63) is 96.2 Å². The van der Waals surface area contributed by atoms with Crippen molar-refractivity contribution in [1.82, 2.24) is 4.90 Å². The maximum atomic E-state index is 2.46. The molecule has 1 nitrogen and oxygen atoms in total. The lowest BCUT2D eigenvalue weighted by Crippen LogP contribution is -2.27. The molecule has 1 aliphatic heterocycles. The third-order valence-electron chi connectivity index (χ3n) is 5.23. The Bertz CT molecular complexity index is 783. The van der Waals surface area contributed by atoms with Gasteiger partial charge in [-0.1, -0.05) is 72.8 Å². The van der Waals surface area contributed by atoms with Crippen LogP contribution in [0.15, 0.2) is 85.1 Å². The first kappa shape index (κ1) is 16.0. The van der Waals surface area contributed by atoms with E-state index in [2.05, 4.69) is 90.0 Å². The van der Waals surface area contributed by atoms with Gasteiger partial charge in [-0.2, -0.15) is 0 Å². The fourth-order valence-electron chi connectivity index (χ4n) is 3.88. The van der Waals surface area contributed by atoms with E-state index in [-0.39, 0.29) is 0 Å². The van der Waals surface area contributed by atoms with Crippen LogP contribution in [0.25, 0.3) is 11.1 Å². The molecule has 2 aromatic rings.